The molecule has 108 valence electrons. The van der Waals surface area contributed by atoms with Gasteiger partial charge in [-0.05, 0) is 0 Å². The van der Waals surface area contributed by atoms with Crippen molar-refractivity contribution in [2.24, 2.45) is 0 Å². The third kappa shape index (κ3) is 3.94. The first-order valence-corrected chi connectivity index (χ1v) is 13.3. The van der Waals surface area contributed by atoms with Crippen LogP contribution in [-0.4, -0.2) is 6.88 Å². The molecule has 0 bridgehead atoms. The zero-order chi connectivity index (χ0) is 15.9. The third-order valence-corrected chi connectivity index (χ3v) is 3.88. The first-order chi connectivity index (χ1) is 10.8. The van der Waals surface area contributed by atoms with Gasteiger partial charge in [0.1, 0.15) is 0 Å². The van der Waals surface area contributed by atoms with Gasteiger partial charge >= 0.3 is 30.2 Å². The number of fused-ring (bicyclic) bond motifs is 2. The number of rotatable bonds is 0. The van der Waals surface area contributed by atoms with Gasteiger partial charge in [-0.1, -0.05) is 26.0 Å². The predicted octanol–water partition coefficient (Wildman–Crippen LogP) is 4.82. The Bertz CT molecular complexity index is 824. The first-order valence-electron chi connectivity index (χ1n) is 7.33. The van der Waals surface area contributed by atoms with E-state index < -0.39 is 0 Å². The molecule has 0 fully saturated rings. The Morgan fingerprint density at radius 2 is 1.45 bits per heavy atom. The quantitative estimate of drug-likeness (QED) is 0.304. The summed E-state index contributed by atoms with van der Waals surface area (Å²) in [7, 11) is 0. The van der Waals surface area contributed by atoms with Crippen LogP contribution in [0, 0.1) is 13.8 Å². The van der Waals surface area contributed by atoms with E-state index in [2.05, 4.69) is 86.6 Å². The summed E-state index contributed by atoms with van der Waals surface area (Å²) in [5.74, 6) is 0. The predicted molar refractivity (Wildman–Crippen MR) is 97.1 cm³/mol. The third-order valence-electron chi connectivity index (χ3n) is 3.88. The summed E-state index contributed by atoms with van der Waals surface area (Å²) in [4.78, 5) is 0. The van der Waals surface area contributed by atoms with Crippen LogP contribution in [0.25, 0.3) is 21.5 Å². The van der Waals surface area contributed by atoms with E-state index in [-0.39, 0.29) is 0 Å². The van der Waals surface area contributed by atoms with Gasteiger partial charge in [0.05, 0.1) is 0 Å². The average Bonchev–Trinajstić information content (AvgIpc) is 3.16. The zero-order valence-electron chi connectivity index (χ0n) is 13.1. The Labute approximate surface area is 149 Å². The number of hydrogen-bond donors (Lipinski definition) is 0. The molecule has 0 aliphatic heterocycles. The van der Waals surface area contributed by atoms with E-state index in [9.17, 15) is 0 Å². The summed E-state index contributed by atoms with van der Waals surface area (Å²) >= 11 is 1.58. The molecule has 0 spiro atoms. The molecule has 0 amide bonds. The van der Waals surface area contributed by atoms with Crippen molar-refractivity contribution in [2.45, 2.75) is 13.8 Å². The molecule has 4 aromatic rings. The van der Waals surface area contributed by atoms with Gasteiger partial charge in [0.15, 0.2) is 0 Å². The van der Waals surface area contributed by atoms with Crippen LogP contribution in [0.4, 0.5) is 0 Å². The number of hydrogen-bond acceptors (Lipinski definition) is 0. The second-order valence-electron chi connectivity index (χ2n) is 5.19. The molecule has 4 rings (SSSR count). The van der Waals surface area contributed by atoms with Crippen molar-refractivity contribution in [3.05, 3.63) is 83.9 Å². The van der Waals surface area contributed by atoms with Crippen molar-refractivity contribution < 1.29 is 23.3 Å². The normalized spacial score (nSPS) is 9.82. The SMILES string of the molecule is Cc1[cH-]c2ccccc2c1C.[SiH2]=[Zr+2].c1ccc2[cH-]ccc2c1. The summed E-state index contributed by atoms with van der Waals surface area (Å²) in [6.45, 7) is 6.29. The van der Waals surface area contributed by atoms with Gasteiger partial charge in [-0.2, -0.15) is 23.1 Å². The number of benzene rings is 2. The molecular weight excluding hydrogens is 360 g/mol. The molecule has 0 aromatic heterocycles. The van der Waals surface area contributed by atoms with E-state index in [1.165, 1.54) is 32.7 Å². The van der Waals surface area contributed by atoms with Crippen LogP contribution in [0.15, 0.2) is 72.8 Å². The fourth-order valence-electron chi connectivity index (χ4n) is 2.59. The van der Waals surface area contributed by atoms with E-state index in [1.807, 2.05) is 6.88 Å². The van der Waals surface area contributed by atoms with Crippen LogP contribution in [-0.2, 0) is 23.3 Å². The second kappa shape index (κ2) is 8.41. The Hall–Kier alpha value is -1.24. The molecule has 22 heavy (non-hydrogen) atoms. The van der Waals surface area contributed by atoms with Crippen LogP contribution in [0.5, 0.6) is 0 Å². The molecular formula is C20H20SiZr. The summed E-state index contributed by atoms with van der Waals surface area (Å²) in [5.41, 5.74) is 2.81. The Morgan fingerprint density at radius 1 is 0.818 bits per heavy atom. The topological polar surface area (TPSA) is 0 Å². The van der Waals surface area contributed by atoms with Crippen molar-refractivity contribution in [1.82, 2.24) is 0 Å². The summed E-state index contributed by atoms with van der Waals surface area (Å²) in [6, 6.07) is 25.4. The second-order valence-corrected chi connectivity index (χ2v) is 5.19. The van der Waals surface area contributed by atoms with Gasteiger partial charge in [-0.25, -0.2) is 0 Å². The molecule has 0 saturated carbocycles. The molecule has 0 aliphatic rings. The maximum Gasteiger partial charge on any atom is -0.0809 e. The van der Waals surface area contributed by atoms with Crippen LogP contribution in [0.1, 0.15) is 11.1 Å². The van der Waals surface area contributed by atoms with Gasteiger partial charge in [-0.3, -0.25) is 0 Å². The molecule has 0 N–H and O–H groups in total. The molecule has 4 aromatic carbocycles. The molecule has 0 nitrogen and oxygen atoms in total. The molecule has 0 unspecified atom stereocenters. The Kier molecular flexibility index (Phi) is 6.54. The van der Waals surface area contributed by atoms with Gasteiger partial charge < -0.3 is 0 Å². The minimum atomic E-state index is 1.33. The smallest absolute Gasteiger partial charge is 0.0809 e. The maximum atomic E-state index is 2.24. The zero-order valence-corrected chi connectivity index (χ0v) is 17.0. The molecule has 0 radical (unpaired) electrons. The van der Waals surface area contributed by atoms with Crippen molar-refractivity contribution in [3.63, 3.8) is 0 Å². The fourth-order valence-corrected chi connectivity index (χ4v) is 2.59. The van der Waals surface area contributed by atoms with E-state index in [0.29, 0.717) is 0 Å². The van der Waals surface area contributed by atoms with Gasteiger partial charge in [0.2, 0.25) is 0 Å². The Balaban J connectivity index is 0.000000146. The van der Waals surface area contributed by atoms with E-state index in [0.717, 1.165) is 0 Å². The largest absolute Gasteiger partial charge is 0.168 e. The Morgan fingerprint density at radius 3 is 2.14 bits per heavy atom. The van der Waals surface area contributed by atoms with E-state index >= 15 is 0 Å². The molecule has 0 heterocycles. The van der Waals surface area contributed by atoms with E-state index in [4.69, 9.17) is 0 Å². The van der Waals surface area contributed by atoms with Gasteiger partial charge in [0.25, 0.3) is 0 Å². The van der Waals surface area contributed by atoms with E-state index in [1.54, 1.807) is 23.3 Å². The van der Waals surface area contributed by atoms with Crippen molar-refractivity contribution in [1.29, 1.82) is 0 Å². The average molecular weight is 380 g/mol. The molecule has 2 heteroatoms. The van der Waals surface area contributed by atoms with Gasteiger partial charge in [0, 0.05) is 0 Å². The van der Waals surface area contributed by atoms with Crippen molar-refractivity contribution in [2.75, 3.05) is 0 Å². The van der Waals surface area contributed by atoms with Crippen molar-refractivity contribution >= 4 is 28.4 Å². The summed E-state index contributed by atoms with van der Waals surface area (Å²) in [5, 5.41) is 5.42. The molecule has 0 atom stereocenters. The van der Waals surface area contributed by atoms with Crippen LogP contribution in [0.3, 0.4) is 0 Å². The molecule has 0 saturated heterocycles. The number of aryl methyl sites for hydroxylation is 2. The van der Waals surface area contributed by atoms with Crippen LogP contribution < -0.4 is 0 Å². The summed E-state index contributed by atoms with van der Waals surface area (Å²) < 4.78 is 0. The van der Waals surface area contributed by atoms with Crippen molar-refractivity contribution in [3.8, 4) is 0 Å². The first kappa shape index (κ1) is 17.1. The van der Waals surface area contributed by atoms with Gasteiger partial charge in [-0.15, -0.1) is 70.3 Å². The fraction of sp³-hybridized carbons (Fsp3) is 0.100. The minimum Gasteiger partial charge on any atom is -0.168 e. The van der Waals surface area contributed by atoms with Crippen LogP contribution in [0.2, 0.25) is 0 Å². The monoisotopic (exact) mass is 378 g/mol. The van der Waals surface area contributed by atoms with Crippen LogP contribution >= 0.6 is 0 Å². The standard InChI is InChI=1S/C11H11.C9H7.H2Si.Zr/c1-8-7-10-5-3-4-6-11(10)9(8)2;1-2-5-9-7-3-6-8(9)4-1;;/h3-7H,1-2H3;1-7H;1H2;/q2*-1;;+2. The maximum absolute atomic E-state index is 2.24. The summed E-state index contributed by atoms with van der Waals surface area (Å²) in [6.07, 6.45) is 0. The minimum absolute atomic E-state index is 1.33. The molecule has 0 aliphatic carbocycles.